The van der Waals surface area contributed by atoms with E-state index in [-0.39, 0.29) is 18.0 Å². The van der Waals surface area contributed by atoms with Crippen LogP contribution in [0, 0.1) is 5.92 Å². The second-order valence-electron chi connectivity index (χ2n) is 3.30. The van der Waals surface area contributed by atoms with Crippen LogP contribution in [0.4, 0.5) is 0 Å². The molecule has 0 amide bonds. The van der Waals surface area contributed by atoms with Crippen LogP contribution >= 0.6 is 11.8 Å². The molecular formula is C8H16O4S. The zero-order valence-electron chi connectivity index (χ0n) is 7.75. The van der Waals surface area contributed by atoms with Crippen molar-refractivity contribution >= 4 is 11.8 Å². The van der Waals surface area contributed by atoms with Crippen molar-refractivity contribution in [1.82, 2.24) is 0 Å². The summed E-state index contributed by atoms with van der Waals surface area (Å²) in [5, 5.41) is 27.9. The number of thioether (sulfide) groups is 1. The Morgan fingerprint density at radius 3 is 2.38 bits per heavy atom. The van der Waals surface area contributed by atoms with E-state index in [1.165, 1.54) is 11.8 Å². The molecule has 5 heteroatoms. The molecule has 1 heterocycles. The first-order valence-electron chi connectivity index (χ1n) is 4.27. The van der Waals surface area contributed by atoms with Crippen LogP contribution in [0.3, 0.4) is 0 Å². The summed E-state index contributed by atoms with van der Waals surface area (Å²) in [5.41, 5.74) is -0.157. The Morgan fingerprint density at radius 1 is 1.31 bits per heavy atom. The van der Waals surface area contributed by atoms with Crippen molar-refractivity contribution in [2.45, 2.75) is 30.7 Å². The summed E-state index contributed by atoms with van der Waals surface area (Å²) in [6.45, 7) is 1.56. The normalized spacial score (nSPS) is 46.4. The zero-order chi connectivity index (χ0) is 10.0. The van der Waals surface area contributed by atoms with Gasteiger partial charge in [0, 0.05) is 5.92 Å². The summed E-state index contributed by atoms with van der Waals surface area (Å²) >= 11 is 1.47. The standard InChI is InChI=1S/C8H16O4S/c1-4-6(10)7(11)5(3-9)12-8(4)13-2/h4-11H,3H2,1-2H3/t4-,5?,6?,7+,8-/m0/s1. The van der Waals surface area contributed by atoms with Crippen LogP contribution < -0.4 is 0 Å². The van der Waals surface area contributed by atoms with Crippen LogP contribution in [-0.4, -0.2) is 51.9 Å². The number of ether oxygens (including phenoxy) is 1. The molecule has 1 saturated heterocycles. The first-order valence-corrected chi connectivity index (χ1v) is 5.55. The third-order valence-corrected chi connectivity index (χ3v) is 3.43. The summed E-state index contributed by atoms with van der Waals surface area (Å²) < 4.78 is 5.38. The van der Waals surface area contributed by atoms with Gasteiger partial charge in [0.1, 0.15) is 17.6 Å². The van der Waals surface area contributed by atoms with Gasteiger partial charge in [0.15, 0.2) is 0 Å². The van der Waals surface area contributed by atoms with Crippen molar-refractivity contribution in [3.8, 4) is 0 Å². The topological polar surface area (TPSA) is 69.9 Å². The van der Waals surface area contributed by atoms with Crippen molar-refractivity contribution in [3.63, 3.8) is 0 Å². The smallest absolute Gasteiger partial charge is 0.110 e. The van der Waals surface area contributed by atoms with Crippen LogP contribution in [0.5, 0.6) is 0 Å². The lowest BCUT2D eigenvalue weighted by Gasteiger charge is -2.40. The lowest BCUT2D eigenvalue weighted by atomic mass is 9.94. The molecule has 0 spiro atoms. The van der Waals surface area contributed by atoms with Gasteiger partial charge in [-0.05, 0) is 6.26 Å². The third-order valence-electron chi connectivity index (χ3n) is 2.42. The summed E-state index contributed by atoms with van der Waals surface area (Å²) in [6, 6.07) is 0. The Balaban J connectivity index is 2.66. The van der Waals surface area contributed by atoms with E-state index >= 15 is 0 Å². The van der Waals surface area contributed by atoms with Gasteiger partial charge in [-0.2, -0.15) is 0 Å². The van der Waals surface area contributed by atoms with Gasteiger partial charge in [0.05, 0.1) is 12.7 Å². The Hall–Kier alpha value is 0.190. The molecule has 0 aromatic carbocycles. The van der Waals surface area contributed by atoms with Crippen LogP contribution in [0.15, 0.2) is 0 Å². The average Bonchev–Trinajstić information content (AvgIpc) is 2.15. The molecule has 13 heavy (non-hydrogen) atoms. The fourth-order valence-electron chi connectivity index (χ4n) is 1.49. The number of hydrogen-bond donors (Lipinski definition) is 3. The highest BCUT2D eigenvalue weighted by molar-refractivity contribution is 7.99. The first-order chi connectivity index (χ1) is 6.11. The predicted molar refractivity (Wildman–Crippen MR) is 50.4 cm³/mol. The molecule has 0 bridgehead atoms. The highest BCUT2D eigenvalue weighted by atomic mass is 32.2. The Labute approximate surface area is 81.9 Å². The molecule has 5 atom stereocenters. The number of aliphatic hydroxyl groups is 3. The molecule has 0 radical (unpaired) electrons. The van der Waals surface area contributed by atoms with Crippen molar-refractivity contribution in [1.29, 1.82) is 0 Å². The quantitative estimate of drug-likeness (QED) is 0.566. The highest BCUT2D eigenvalue weighted by Gasteiger charge is 2.41. The largest absolute Gasteiger partial charge is 0.394 e. The second-order valence-corrected chi connectivity index (χ2v) is 4.24. The molecule has 1 rings (SSSR count). The maximum Gasteiger partial charge on any atom is 0.110 e. The first kappa shape index (κ1) is 11.3. The molecule has 1 fully saturated rings. The van der Waals surface area contributed by atoms with Gasteiger partial charge >= 0.3 is 0 Å². The van der Waals surface area contributed by atoms with E-state index in [4.69, 9.17) is 9.84 Å². The molecule has 1 aliphatic heterocycles. The SMILES string of the molecule is CS[C@@H]1OC(CO)[C@@H](O)C(O)[C@@H]1C. The monoisotopic (exact) mass is 208 g/mol. The van der Waals surface area contributed by atoms with Crippen LogP contribution in [0.25, 0.3) is 0 Å². The molecule has 78 valence electrons. The molecule has 0 aliphatic carbocycles. The van der Waals surface area contributed by atoms with Gasteiger partial charge in [0.2, 0.25) is 0 Å². The Bertz CT molecular complexity index is 146. The van der Waals surface area contributed by atoms with Crippen LogP contribution in [0.2, 0.25) is 0 Å². The van der Waals surface area contributed by atoms with E-state index in [9.17, 15) is 10.2 Å². The lowest BCUT2D eigenvalue weighted by molar-refractivity contribution is -0.181. The van der Waals surface area contributed by atoms with Gasteiger partial charge in [-0.1, -0.05) is 6.92 Å². The number of hydrogen-bond acceptors (Lipinski definition) is 5. The van der Waals surface area contributed by atoms with Gasteiger partial charge in [-0.3, -0.25) is 0 Å². The summed E-state index contributed by atoms with van der Waals surface area (Å²) in [7, 11) is 0. The Kier molecular flexibility index (Phi) is 4.00. The molecule has 3 N–H and O–H groups in total. The van der Waals surface area contributed by atoms with Crippen LogP contribution in [-0.2, 0) is 4.74 Å². The van der Waals surface area contributed by atoms with E-state index in [0.29, 0.717) is 0 Å². The fourth-order valence-corrected chi connectivity index (χ4v) is 2.33. The molecule has 0 aromatic heterocycles. The van der Waals surface area contributed by atoms with Crippen molar-refractivity contribution in [3.05, 3.63) is 0 Å². The fraction of sp³-hybridized carbons (Fsp3) is 1.00. The molecule has 1 aliphatic rings. The lowest BCUT2D eigenvalue weighted by Crippen LogP contribution is -2.53. The maximum absolute atomic E-state index is 9.59. The zero-order valence-corrected chi connectivity index (χ0v) is 8.57. The molecule has 0 aromatic rings. The number of aliphatic hydroxyl groups excluding tert-OH is 3. The van der Waals surface area contributed by atoms with E-state index < -0.39 is 18.3 Å². The van der Waals surface area contributed by atoms with Crippen molar-refractivity contribution in [2.75, 3.05) is 12.9 Å². The molecule has 0 saturated carbocycles. The molecule has 2 unspecified atom stereocenters. The Morgan fingerprint density at radius 2 is 1.92 bits per heavy atom. The van der Waals surface area contributed by atoms with Crippen molar-refractivity contribution < 1.29 is 20.1 Å². The minimum Gasteiger partial charge on any atom is -0.394 e. The predicted octanol–water partition coefficient (Wildman–Crippen LogP) is -0.576. The van der Waals surface area contributed by atoms with Gasteiger partial charge in [0.25, 0.3) is 0 Å². The van der Waals surface area contributed by atoms with E-state index in [1.807, 2.05) is 13.2 Å². The molecular weight excluding hydrogens is 192 g/mol. The van der Waals surface area contributed by atoms with E-state index in [1.54, 1.807) is 0 Å². The maximum atomic E-state index is 9.59. The van der Waals surface area contributed by atoms with Gasteiger partial charge in [-0.25, -0.2) is 0 Å². The van der Waals surface area contributed by atoms with Crippen molar-refractivity contribution in [2.24, 2.45) is 5.92 Å². The second kappa shape index (κ2) is 4.61. The highest BCUT2D eigenvalue weighted by Crippen LogP contribution is 2.30. The molecule has 4 nitrogen and oxygen atoms in total. The van der Waals surface area contributed by atoms with Gasteiger partial charge < -0.3 is 20.1 Å². The minimum atomic E-state index is -0.983. The minimum absolute atomic E-state index is 0.118. The van der Waals surface area contributed by atoms with E-state index in [0.717, 1.165) is 0 Å². The average molecular weight is 208 g/mol. The van der Waals surface area contributed by atoms with Gasteiger partial charge in [-0.15, -0.1) is 11.8 Å². The summed E-state index contributed by atoms with van der Waals surface area (Å²) in [5.74, 6) is -0.118. The summed E-state index contributed by atoms with van der Waals surface area (Å²) in [6.07, 6.45) is -0.588. The van der Waals surface area contributed by atoms with E-state index in [2.05, 4.69) is 0 Å². The number of rotatable bonds is 2. The third kappa shape index (κ3) is 2.16. The van der Waals surface area contributed by atoms with Crippen LogP contribution in [0.1, 0.15) is 6.92 Å². The summed E-state index contributed by atoms with van der Waals surface area (Å²) in [4.78, 5) is 0.